The van der Waals surface area contributed by atoms with Gasteiger partial charge in [0.05, 0.1) is 18.4 Å². The van der Waals surface area contributed by atoms with Crippen molar-refractivity contribution < 1.29 is 27.4 Å². The molecule has 0 N–H and O–H groups in total. The summed E-state index contributed by atoms with van der Waals surface area (Å²) in [6.45, 7) is 0.334. The van der Waals surface area contributed by atoms with E-state index in [1.54, 1.807) is 55.6 Å². The molecule has 0 radical (unpaired) electrons. The third-order valence-electron chi connectivity index (χ3n) is 3.26. The minimum absolute atomic E-state index is 0.0575. The second-order valence-corrected chi connectivity index (χ2v) is 7.57. The molecule has 0 bridgehead atoms. The molecule has 0 aliphatic rings. The predicted molar refractivity (Wildman–Crippen MR) is 93.8 cm³/mol. The van der Waals surface area contributed by atoms with E-state index in [1.807, 2.05) is 0 Å². The van der Waals surface area contributed by atoms with Crippen LogP contribution in [0.2, 0.25) is 0 Å². The molecule has 25 heavy (non-hydrogen) atoms. The Labute approximate surface area is 147 Å². The van der Waals surface area contributed by atoms with Crippen molar-refractivity contribution in [3.63, 3.8) is 0 Å². The first-order valence-corrected chi connectivity index (χ1v) is 9.64. The fraction of sp³-hybridized carbons (Fsp3) is 0.278. The highest BCUT2D eigenvalue weighted by Gasteiger charge is 2.09. The van der Waals surface area contributed by atoms with E-state index in [0.29, 0.717) is 16.9 Å². The molecule has 134 valence electrons. The monoisotopic (exact) mass is 364 g/mol. The van der Waals surface area contributed by atoms with Gasteiger partial charge in [-0.25, -0.2) is 13.2 Å². The van der Waals surface area contributed by atoms with Crippen molar-refractivity contribution in [1.29, 1.82) is 0 Å². The van der Waals surface area contributed by atoms with Gasteiger partial charge < -0.3 is 14.2 Å². The number of esters is 1. The van der Waals surface area contributed by atoms with Gasteiger partial charge in [0.1, 0.15) is 24.7 Å². The minimum Gasteiger partial charge on any atom is -0.497 e. The summed E-state index contributed by atoms with van der Waals surface area (Å²) >= 11 is 0. The van der Waals surface area contributed by atoms with Crippen LogP contribution in [-0.4, -0.2) is 41.0 Å². The van der Waals surface area contributed by atoms with Crippen molar-refractivity contribution in [3.05, 3.63) is 59.7 Å². The molecule has 0 amide bonds. The highest BCUT2D eigenvalue weighted by atomic mass is 32.2. The van der Waals surface area contributed by atoms with E-state index >= 15 is 0 Å². The van der Waals surface area contributed by atoms with Crippen LogP contribution in [0.15, 0.2) is 48.5 Å². The molecule has 0 unspecified atom stereocenters. The van der Waals surface area contributed by atoms with Crippen LogP contribution < -0.4 is 9.47 Å². The number of methoxy groups -OCH3 is 1. The molecule has 0 heterocycles. The molecule has 0 saturated carbocycles. The maximum Gasteiger partial charge on any atom is 0.338 e. The van der Waals surface area contributed by atoms with Crippen molar-refractivity contribution in [2.75, 3.05) is 26.6 Å². The van der Waals surface area contributed by atoms with E-state index < -0.39 is 15.8 Å². The zero-order valence-electron chi connectivity index (χ0n) is 14.1. The Balaban J connectivity index is 1.77. The van der Waals surface area contributed by atoms with Gasteiger partial charge in [-0.05, 0) is 42.0 Å². The molecule has 2 aromatic carbocycles. The second-order valence-electron chi connectivity index (χ2n) is 5.43. The highest BCUT2D eigenvalue weighted by Crippen LogP contribution is 2.16. The van der Waals surface area contributed by atoms with E-state index in [0.717, 1.165) is 12.0 Å². The zero-order chi connectivity index (χ0) is 18.3. The molecular weight excluding hydrogens is 344 g/mol. The van der Waals surface area contributed by atoms with Gasteiger partial charge in [0, 0.05) is 6.26 Å². The topological polar surface area (TPSA) is 78.9 Å². The minimum atomic E-state index is -3.10. The Kier molecular flexibility index (Phi) is 6.41. The van der Waals surface area contributed by atoms with Crippen LogP contribution >= 0.6 is 0 Å². The molecule has 0 aliphatic carbocycles. The third kappa shape index (κ3) is 6.46. The largest absolute Gasteiger partial charge is 0.497 e. The number of hydrogen-bond acceptors (Lipinski definition) is 6. The number of benzene rings is 2. The summed E-state index contributed by atoms with van der Waals surface area (Å²) in [5.41, 5.74) is 0.989. The van der Waals surface area contributed by atoms with Crippen LogP contribution in [0.1, 0.15) is 15.9 Å². The SMILES string of the molecule is COc1ccc(OCCOC(=O)c2ccc(CS(C)(=O)=O)cc2)cc1. The fourth-order valence-electron chi connectivity index (χ4n) is 2.09. The van der Waals surface area contributed by atoms with Crippen LogP contribution in [0, 0.1) is 0 Å². The summed E-state index contributed by atoms with van der Waals surface area (Å²) in [6.07, 6.45) is 1.16. The summed E-state index contributed by atoms with van der Waals surface area (Å²) in [5, 5.41) is 0. The summed E-state index contributed by atoms with van der Waals surface area (Å²) in [7, 11) is -1.51. The standard InChI is InChI=1S/C18H20O6S/c1-22-16-7-9-17(10-8-16)23-11-12-24-18(19)15-5-3-14(4-6-15)13-25(2,20)21/h3-10H,11-13H2,1-2H3. The average molecular weight is 364 g/mol. The van der Waals surface area contributed by atoms with Gasteiger partial charge in [0.25, 0.3) is 0 Å². The van der Waals surface area contributed by atoms with E-state index in [4.69, 9.17) is 14.2 Å². The number of ether oxygens (including phenoxy) is 3. The van der Waals surface area contributed by atoms with E-state index in [-0.39, 0.29) is 19.0 Å². The predicted octanol–water partition coefficient (Wildman–Crippen LogP) is 2.48. The normalized spacial score (nSPS) is 11.0. The third-order valence-corrected chi connectivity index (χ3v) is 4.12. The first-order chi connectivity index (χ1) is 11.9. The van der Waals surface area contributed by atoms with Crippen LogP contribution in [0.4, 0.5) is 0 Å². The Hall–Kier alpha value is -2.54. The summed E-state index contributed by atoms with van der Waals surface area (Å²) in [5.74, 6) is 0.849. The smallest absolute Gasteiger partial charge is 0.338 e. The Bertz CT molecular complexity index is 794. The number of carbonyl (C=O) groups is 1. The van der Waals surface area contributed by atoms with Gasteiger partial charge in [-0.15, -0.1) is 0 Å². The summed E-state index contributed by atoms with van der Waals surface area (Å²) < 4.78 is 38.1. The maximum atomic E-state index is 11.9. The molecule has 2 aromatic rings. The first kappa shape index (κ1) is 18.8. The van der Waals surface area contributed by atoms with E-state index in [9.17, 15) is 13.2 Å². The summed E-state index contributed by atoms with van der Waals surface area (Å²) in [4.78, 5) is 11.9. The number of sulfone groups is 1. The van der Waals surface area contributed by atoms with Crippen LogP contribution in [-0.2, 0) is 20.3 Å². The van der Waals surface area contributed by atoms with Crippen LogP contribution in [0.25, 0.3) is 0 Å². The van der Waals surface area contributed by atoms with Crippen molar-refractivity contribution in [3.8, 4) is 11.5 Å². The van der Waals surface area contributed by atoms with E-state index in [1.165, 1.54) is 0 Å². The summed E-state index contributed by atoms with van der Waals surface area (Å²) in [6, 6.07) is 13.4. The first-order valence-electron chi connectivity index (χ1n) is 7.58. The number of rotatable bonds is 8. The molecule has 0 atom stereocenters. The van der Waals surface area contributed by atoms with Crippen LogP contribution in [0.5, 0.6) is 11.5 Å². The van der Waals surface area contributed by atoms with Gasteiger partial charge in [-0.1, -0.05) is 12.1 Å². The quantitative estimate of drug-likeness (QED) is 0.529. The Morgan fingerprint density at radius 2 is 1.52 bits per heavy atom. The van der Waals surface area contributed by atoms with Gasteiger partial charge in [-0.3, -0.25) is 0 Å². The lowest BCUT2D eigenvalue weighted by Crippen LogP contribution is -2.12. The number of hydrogen-bond donors (Lipinski definition) is 0. The zero-order valence-corrected chi connectivity index (χ0v) is 14.9. The molecular formula is C18H20O6S. The molecule has 0 fully saturated rings. The highest BCUT2D eigenvalue weighted by molar-refractivity contribution is 7.89. The molecule has 6 nitrogen and oxygen atoms in total. The van der Waals surface area contributed by atoms with Gasteiger partial charge in [0.2, 0.25) is 0 Å². The number of carbonyl (C=O) groups excluding carboxylic acids is 1. The molecule has 0 aromatic heterocycles. The molecule has 7 heteroatoms. The average Bonchev–Trinajstić information content (AvgIpc) is 2.58. The van der Waals surface area contributed by atoms with Gasteiger partial charge in [-0.2, -0.15) is 0 Å². The maximum absolute atomic E-state index is 11.9. The van der Waals surface area contributed by atoms with Crippen molar-refractivity contribution in [2.24, 2.45) is 0 Å². The Morgan fingerprint density at radius 3 is 2.08 bits per heavy atom. The van der Waals surface area contributed by atoms with Gasteiger partial charge >= 0.3 is 5.97 Å². The second kappa shape index (κ2) is 8.53. The van der Waals surface area contributed by atoms with Crippen molar-refractivity contribution in [1.82, 2.24) is 0 Å². The van der Waals surface area contributed by atoms with E-state index in [2.05, 4.69) is 0 Å². The molecule has 0 aliphatic heterocycles. The molecule has 2 rings (SSSR count). The van der Waals surface area contributed by atoms with Crippen LogP contribution in [0.3, 0.4) is 0 Å². The van der Waals surface area contributed by atoms with Crippen molar-refractivity contribution in [2.45, 2.75) is 5.75 Å². The lowest BCUT2D eigenvalue weighted by Gasteiger charge is -2.08. The fourth-order valence-corrected chi connectivity index (χ4v) is 2.89. The van der Waals surface area contributed by atoms with Crippen molar-refractivity contribution >= 4 is 15.8 Å². The molecule has 0 spiro atoms. The molecule has 0 saturated heterocycles. The lowest BCUT2D eigenvalue weighted by molar-refractivity contribution is 0.0450. The Morgan fingerprint density at radius 1 is 0.920 bits per heavy atom. The lowest BCUT2D eigenvalue weighted by atomic mass is 10.1. The van der Waals surface area contributed by atoms with Gasteiger partial charge in [0.15, 0.2) is 9.84 Å².